The fraction of sp³-hybridized carbons (Fsp3) is 0.929. The minimum Gasteiger partial charge on any atom is -0.396 e. The summed E-state index contributed by atoms with van der Waals surface area (Å²) in [5.41, 5.74) is 0. The molecule has 5 heteroatoms. The second kappa shape index (κ2) is 8.38. The van der Waals surface area contributed by atoms with Gasteiger partial charge < -0.3 is 20.2 Å². The van der Waals surface area contributed by atoms with Crippen LogP contribution in [0.25, 0.3) is 0 Å². The summed E-state index contributed by atoms with van der Waals surface area (Å²) in [6.07, 6.45) is 4.89. The van der Waals surface area contributed by atoms with Crippen LogP contribution in [0.15, 0.2) is 0 Å². The lowest BCUT2D eigenvalue weighted by Crippen LogP contribution is -2.51. The fourth-order valence-corrected chi connectivity index (χ4v) is 2.53. The van der Waals surface area contributed by atoms with Crippen molar-refractivity contribution >= 4 is 6.03 Å². The normalized spacial score (nSPS) is 21.5. The Kier molecular flexibility index (Phi) is 7.16. The van der Waals surface area contributed by atoms with Gasteiger partial charge in [-0.15, -0.1) is 0 Å². The lowest BCUT2D eigenvalue weighted by Gasteiger charge is -2.36. The summed E-state index contributed by atoms with van der Waals surface area (Å²) in [5.74, 6) is 0. The van der Waals surface area contributed by atoms with Crippen LogP contribution < -0.4 is 5.32 Å². The maximum Gasteiger partial charge on any atom is 0.317 e. The number of carbonyl (C=O) groups excluding carboxylic acids is 1. The first-order valence-corrected chi connectivity index (χ1v) is 7.37. The first-order chi connectivity index (χ1) is 9.04. The third kappa shape index (κ3) is 5.78. The monoisotopic (exact) mass is 271 g/mol. The highest BCUT2D eigenvalue weighted by atomic mass is 16.3. The lowest BCUT2D eigenvalue weighted by atomic mass is 10.00. The highest BCUT2D eigenvalue weighted by molar-refractivity contribution is 5.75. The van der Waals surface area contributed by atoms with Crippen molar-refractivity contribution in [2.45, 2.75) is 51.1 Å². The number of aliphatic hydroxyl groups is 1. The molecule has 0 aliphatic carbocycles. The maximum absolute atomic E-state index is 12.3. The van der Waals surface area contributed by atoms with Crippen LogP contribution in [0, 0.1) is 0 Å². The average molecular weight is 271 g/mol. The van der Waals surface area contributed by atoms with E-state index in [9.17, 15) is 4.79 Å². The van der Waals surface area contributed by atoms with E-state index >= 15 is 0 Å². The molecule has 2 N–H and O–H groups in total. The summed E-state index contributed by atoms with van der Waals surface area (Å²) < 4.78 is 0. The number of aliphatic hydroxyl groups excluding tert-OH is 1. The molecule has 0 spiro atoms. The molecule has 5 nitrogen and oxygen atoms in total. The molecule has 2 atom stereocenters. The minimum absolute atomic E-state index is 0.0319. The van der Waals surface area contributed by atoms with Crippen LogP contribution in [-0.2, 0) is 0 Å². The second-order valence-electron chi connectivity index (χ2n) is 5.80. The maximum atomic E-state index is 12.3. The van der Waals surface area contributed by atoms with E-state index in [1.807, 2.05) is 25.9 Å². The summed E-state index contributed by atoms with van der Waals surface area (Å²) in [6, 6.07) is 0.427. The summed E-state index contributed by atoms with van der Waals surface area (Å²) in [7, 11) is 4.08. The van der Waals surface area contributed by atoms with E-state index in [0.29, 0.717) is 6.42 Å². The number of hydrogen-bond donors (Lipinski definition) is 2. The summed E-state index contributed by atoms with van der Waals surface area (Å²) >= 11 is 0. The zero-order valence-corrected chi connectivity index (χ0v) is 12.6. The number of hydrogen-bond acceptors (Lipinski definition) is 3. The smallest absolute Gasteiger partial charge is 0.317 e. The predicted molar refractivity (Wildman–Crippen MR) is 77.2 cm³/mol. The topological polar surface area (TPSA) is 55.8 Å². The van der Waals surface area contributed by atoms with Gasteiger partial charge in [-0.3, -0.25) is 0 Å². The van der Waals surface area contributed by atoms with Crippen LogP contribution in [0.3, 0.4) is 0 Å². The van der Waals surface area contributed by atoms with Crippen LogP contribution >= 0.6 is 0 Å². The zero-order valence-electron chi connectivity index (χ0n) is 12.6. The van der Waals surface area contributed by atoms with Crippen LogP contribution in [0.5, 0.6) is 0 Å². The van der Waals surface area contributed by atoms with E-state index in [4.69, 9.17) is 5.11 Å². The largest absolute Gasteiger partial charge is 0.396 e. The van der Waals surface area contributed by atoms with Crippen molar-refractivity contribution in [3.8, 4) is 0 Å². The van der Waals surface area contributed by atoms with Gasteiger partial charge in [0, 0.05) is 25.2 Å². The van der Waals surface area contributed by atoms with Crippen molar-refractivity contribution < 1.29 is 9.90 Å². The molecule has 0 aromatic rings. The molecule has 1 fully saturated rings. The first kappa shape index (κ1) is 16.2. The van der Waals surface area contributed by atoms with Crippen LogP contribution in [0.2, 0.25) is 0 Å². The lowest BCUT2D eigenvalue weighted by molar-refractivity contribution is 0.129. The third-order valence-corrected chi connectivity index (χ3v) is 3.73. The van der Waals surface area contributed by atoms with Gasteiger partial charge in [0.1, 0.15) is 0 Å². The van der Waals surface area contributed by atoms with Crippen molar-refractivity contribution in [2.75, 3.05) is 33.8 Å². The van der Waals surface area contributed by atoms with Gasteiger partial charge in [-0.05, 0) is 59.7 Å². The van der Waals surface area contributed by atoms with E-state index in [0.717, 1.165) is 38.8 Å². The molecule has 0 aromatic carbocycles. The van der Waals surface area contributed by atoms with Crippen LogP contribution in [0.4, 0.5) is 4.79 Å². The fourth-order valence-electron chi connectivity index (χ4n) is 2.53. The molecule has 2 unspecified atom stereocenters. The minimum atomic E-state index is 0.0319. The van der Waals surface area contributed by atoms with E-state index in [1.165, 1.54) is 0 Å². The van der Waals surface area contributed by atoms with Crippen molar-refractivity contribution in [3.63, 3.8) is 0 Å². The Bertz CT molecular complexity index is 269. The van der Waals surface area contributed by atoms with Gasteiger partial charge in [-0.2, -0.15) is 0 Å². The molecule has 1 saturated heterocycles. The van der Waals surface area contributed by atoms with E-state index in [1.54, 1.807) is 0 Å². The standard InChI is InChI=1S/C14H29N3O2/c1-12(7-10-16(2)3)15-14(19)17-9-5-4-6-13(17)8-11-18/h12-13,18H,4-11H2,1-3H3,(H,15,19). The average Bonchev–Trinajstić information content (AvgIpc) is 2.37. The number of nitrogens with zero attached hydrogens (tertiary/aromatic N) is 2. The van der Waals surface area contributed by atoms with Crippen molar-refractivity contribution in [1.29, 1.82) is 0 Å². The molecule has 0 aromatic heterocycles. The molecular formula is C14H29N3O2. The van der Waals surface area contributed by atoms with Crippen LogP contribution in [0.1, 0.15) is 39.0 Å². The van der Waals surface area contributed by atoms with Crippen molar-refractivity contribution in [1.82, 2.24) is 15.1 Å². The van der Waals surface area contributed by atoms with E-state index < -0.39 is 0 Å². The quantitative estimate of drug-likeness (QED) is 0.765. The van der Waals surface area contributed by atoms with Gasteiger partial charge in [-0.1, -0.05) is 0 Å². The number of piperidine rings is 1. The van der Waals surface area contributed by atoms with E-state index in [2.05, 4.69) is 10.2 Å². The molecule has 112 valence electrons. The molecule has 1 heterocycles. The number of nitrogens with one attached hydrogen (secondary N) is 1. The molecule has 0 saturated carbocycles. The zero-order chi connectivity index (χ0) is 14.3. The predicted octanol–water partition coefficient (Wildman–Crippen LogP) is 1.27. The SMILES string of the molecule is CC(CCN(C)C)NC(=O)N1CCCCC1CCO. The number of urea groups is 1. The molecule has 1 rings (SSSR count). The Morgan fingerprint density at radius 1 is 1.47 bits per heavy atom. The second-order valence-corrected chi connectivity index (χ2v) is 5.80. The number of likely N-dealkylation sites (tertiary alicyclic amines) is 1. The van der Waals surface area contributed by atoms with E-state index in [-0.39, 0.29) is 24.7 Å². The highest BCUT2D eigenvalue weighted by Crippen LogP contribution is 2.19. The first-order valence-electron chi connectivity index (χ1n) is 7.37. The summed E-state index contributed by atoms with van der Waals surface area (Å²) in [4.78, 5) is 16.3. The van der Waals surface area contributed by atoms with Crippen molar-refractivity contribution in [2.24, 2.45) is 0 Å². The Hall–Kier alpha value is -0.810. The van der Waals surface area contributed by atoms with Gasteiger partial charge >= 0.3 is 6.03 Å². The van der Waals surface area contributed by atoms with Gasteiger partial charge in [-0.25, -0.2) is 4.79 Å². The Balaban J connectivity index is 2.41. The molecule has 2 amide bonds. The molecule has 19 heavy (non-hydrogen) atoms. The number of carbonyl (C=O) groups is 1. The molecule has 0 bridgehead atoms. The third-order valence-electron chi connectivity index (χ3n) is 3.73. The van der Waals surface area contributed by atoms with Gasteiger partial charge in [0.05, 0.1) is 0 Å². The van der Waals surface area contributed by atoms with Gasteiger partial charge in [0.2, 0.25) is 0 Å². The number of amides is 2. The Morgan fingerprint density at radius 3 is 2.84 bits per heavy atom. The molecule has 0 radical (unpaired) electrons. The Morgan fingerprint density at radius 2 is 2.21 bits per heavy atom. The molecule has 1 aliphatic rings. The summed E-state index contributed by atoms with van der Waals surface area (Å²) in [5, 5.41) is 12.2. The van der Waals surface area contributed by atoms with Gasteiger partial charge in [0.25, 0.3) is 0 Å². The van der Waals surface area contributed by atoms with Gasteiger partial charge in [0.15, 0.2) is 0 Å². The molecular weight excluding hydrogens is 242 g/mol. The van der Waals surface area contributed by atoms with Crippen molar-refractivity contribution in [3.05, 3.63) is 0 Å². The van der Waals surface area contributed by atoms with Crippen LogP contribution in [-0.4, -0.2) is 66.8 Å². The molecule has 1 aliphatic heterocycles. The highest BCUT2D eigenvalue weighted by Gasteiger charge is 2.26. The Labute approximate surface area is 117 Å². The summed E-state index contributed by atoms with van der Waals surface area (Å²) in [6.45, 7) is 4.00. The number of rotatable bonds is 6.